The Morgan fingerprint density at radius 2 is 1.52 bits per heavy atom. The summed E-state index contributed by atoms with van der Waals surface area (Å²) in [5.41, 5.74) is 4.80. The van der Waals surface area contributed by atoms with Gasteiger partial charge >= 0.3 is 0 Å². The number of nitrogens with one attached hydrogen (secondary N) is 1. The predicted molar refractivity (Wildman–Crippen MR) is 158 cm³/mol. The van der Waals surface area contributed by atoms with Crippen LogP contribution in [0.5, 0.6) is 11.5 Å². The fourth-order valence-corrected chi connectivity index (χ4v) is 4.33. The van der Waals surface area contributed by atoms with Gasteiger partial charge in [-0.25, -0.2) is 0 Å². The highest BCUT2D eigenvalue weighted by Crippen LogP contribution is 2.31. The molecule has 0 aliphatic heterocycles. The van der Waals surface area contributed by atoms with Gasteiger partial charge in [0.25, 0.3) is 11.5 Å². The lowest BCUT2D eigenvalue weighted by Crippen LogP contribution is -2.26. The summed E-state index contributed by atoms with van der Waals surface area (Å²) in [6, 6.07) is 31.9. The molecule has 1 aromatic heterocycles. The molecule has 1 heterocycles. The molecule has 0 saturated heterocycles. The SMILES string of the molecule is Cc1cccc(Oc2cnn(-c3ccccc3)c(=O)c2Nc2ccc(C(=O)N(C)Cc3ccccc3)cc2)c1C. The number of benzene rings is 4. The van der Waals surface area contributed by atoms with E-state index in [1.165, 1.54) is 10.9 Å². The zero-order valence-electron chi connectivity index (χ0n) is 22.7. The Labute approximate surface area is 233 Å². The highest BCUT2D eigenvalue weighted by molar-refractivity contribution is 5.94. The maximum Gasteiger partial charge on any atom is 0.299 e. The van der Waals surface area contributed by atoms with Crippen molar-refractivity contribution in [3.05, 3.63) is 142 Å². The molecule has 0 saturated carbocycles. The van der Waals surface area contributed by atoms with Gasteiger partial charge in [-0.3, -0.25) is 9.59 Å². The number of aryl methyl sites for hydroxylation is 1. The molecule has 0 aliphatic rings. The van der Waals surface area contributed by atoms with Gasteiger partial charge in [-0.15, -0.1) is 0 Å². The molecule has 1 N–H and O–H groups in total. The lowest BCUT2D eigenvalue weighted by atomic mass is 10.1. The van der Waals surface area contributed by atoms with Crippen LogP contribution in [0.4, 0.5) is 11.4 Å². The van der Waals surface area contributed by atoms with Crippen LogP contribution in [0.15, 0.2) is 114 Å². The van der Waals surface area contributed by atoms with Crippen LogP contribution in [-0.2, 0) is 6.54 Å². The standard InChI is InChI=1S/C33H30N4O3/c1-23-11-10-16-29(24(23)2)40-30-21-34-37(28-14-8-5-9-15-28)33(39)31(30)35-27-19-17-26(18-20-27)32(38)36(3)22-25-12-6-4-7-13-25/h4-21,35H,22H2,1-3H3. The first-order valence-corrected chi connectivity index (χ1v) is 13.0. The van der Waals surface area contributed by atoms with Gasteiger partial charge in [0, 0.05) is 24.8 Å². The lowest BCUT2D eigenvalue weighted by molar-refractivity contribution is 0.0785. The van der Waals surface area contributed by atoms with Crippen LogP contribution in [0.3, 0.4) is 0 Å². The number of hydrogen-bond acceptors (Lipinski definition) is 5. The van der Waals surface area contributed by atoms with Gasteiger partial charge in [0.05, 0.1) is 11.9 Å². The van der Waals surface area contributed by atoms with Crippen molar-refractivity contribution in [1.29, 1.82) is 0 Å². The van der Waals surface area contributed by atoms with Crippen LogP contribution >= 0.6 is 0 Å². The van der Waals surface area contributed by atoms with Crippen molar-refractivity contribution in [1.82, 2.24) is 14.7 Å². The Morgan fingerprint density at radius 1 is 0.850 bits per heavy atom. The first-order chi connectivity index (χ1) is 19.4. The van der Waals surface area contributed by atoms with Crippen molar-refractivity contribution in [2.75, 3.05) is 12.4 Å². The normalized spacial score (nSPS) is 10.7. The molecule has 0 aliphatic carbocycles. The minimum Gasteiger partial charge on any atom is -0.453 e. The second-order valence-corrected chi connectivity index (χ2v) is 9.59. The predicted octanol–water partition coefficient (Wildman–Crippen LogP) is 6.66. The quantitative estimate of drug-likeness (QED) is 0.243. The molecule has 5 aromatic rings. The minimum absolute atomic E-state index is 0.0929. The maximum absolute atomic E-state index is 13.7. The third-order valence-corrected chi connectivity index (χ3v) is 6.73. The summed E-state index contributed by atoms with van der Waals surface area (Å²) < 4.78 is 7.54. The summed E-state index contributed by atoms with van der Waals surface area (Å²) >= 11 is 0. The summed E-state index contributed by atoms with van der Waals surface area (Å²) in [6.45, 7) is 4.49. The first-order valence-electron chi connectivity index (χ1n) is 13.0. The van der Waals surface area contributed by atoms with E-state index in [-0.39, 0.29) is 17.2 Å². The number of anilines is 2. The summed E-state index contributed by atoms with van der Waals surface area (Å²) in [4.78, 5) is 28.4. The number of nitrogens with zero attached hydrogens (tertiary/aromatic N) is 3. The molecular formula is C33H30N4O3. The van der Waals surface area contributed by atoms with Gasteiger partial charge in [0.2, 0.25) is 0 Å². The van der Waals surface area contributed by atoms with Crippen LogP contribution in [0.25, 0.3) is 5.69 Å². The number of para-hydroxylation sites is 1. The molecule has 0 atom stereocenters. The topological polar surface area (TPSA) is 76.5 Å². The number of rotatable bonds is 8. The Balaban J connectivity index is 1.44. The zero-order chi connectivity index (χ0) is 28.1. The van der Waals surface area contributed by atoms with Crippen LogP contribution in [-0.4, -0.2) is 27.6 Å². The number of aromatic nitrogens is 2. The molecule has 0 radical (unpaired) electrons. The average molecular weight is 531 g/mol. The molecule has 0 unspecified atom stereocenters. The number of hydrogen-bond donors (Lipinski definition) is 1. The Morgan fingerprint density at radius 3 is 2.23 bits per heavy atom. The summed E-state index contributed by atoms with van der Waals surface area (Å²) in [6.07, 6.45) is 1.54. The Bertz CT molecular complexity index is 1680. The van der Waals surface area contributed by atoms with E-state index in [1.54, 1.807) is 36.2 Å². The van der Waals surface area contributed by atoms with Crippen molar-refractivity contribution < 1.29 is 9.53 Å². The van der Waals surface area contributed by atoms with Crippen LogP contribution < -0.4 is 15.6 Å². The highest BCUT2D eigenvalue weighted by Gasteiger charge is 2.17. The van der Waals surface area contributed by atoms with Crippen molar-refractivity contribution in [3.63, 3.8) is 0 Å². The number of carbonyl (C=O) groups is 1. The molecule has 40 heavy (non-hydrogen) atoms. The molecule has 0 bridgehead atoms. The van der Waals surface area contributed by atoms with E-state index in [2.05, 4.69) is 10.4 Å². The molecule has 1 amide bonds. The van der Waals surface area contributed by atoms with Crippen molar-refractivity contribution >= 4 is 17.3 Å². The van der Waals surface area contributed by atoms with Crippen molar-refractivity contribution in [2.24, 2.45) is 0 Å². The summed E-state index contributed by atoms with van der Waals surface area (Å²) in [5.74, 6) is 0.849. The van der Waals surface area contributed by atoms with E-state index < -0.39 is 0 Å². The van der Waals surface area contributed by atoms with Gasteiger partial charge < -0.3 is 15.0 Å². The van der Waals surface area contributed by atoms with E-state index in [9.17, 15) is 9.59 Å². The smallest absolute Gasteiger partial charge is 0.299 e. The van der Waals surface area contributed by atoms with Crippen LogP contribution in [0, 0.1) is 13.8 Å². The van der Waals surface area contributed by atoms with E-state index in [0.29, 0.717) is 35.0 Å². The van der Waals surface area contributed by atoms with E-state index >= 15 is 0 Å². The molecule has 5 rings (SSSR count). The van der Waals surface area contributed by atoms with Crippen molar-refractivity contribution in [2.45, 2.75) is 20.4 Å². The monoisotopic (exact) mass is 530 g/mol. The third kappa shape index (κ3) is 5.78. The van der Waals surface area contributed by atoms with Gasteiger partial charge in [-0.2, -0.15) is 9.78 Å². The second-order valence-electron chi connectivity index (χ2n) is 9.59. The fourth-order valence-electron chi connectivity index (χ4n) is 4.33. The van der Waals surface area contributed by atoms with E-state index in [4.69, 9.17) is 4.74 Å². The zero-order valence-corrected chi connectivity index (χ0v) is 22.7. The molecule has 0 fully saturated rings. The van der Waals surface area contributed by atoms with E-state index in [0.717, 1.165) is 16.7 Å². The molecule has 0 spiro atoms. The molecule has 7 nitrogen and oxygen atoms in total. The fraction of sp³-hybridized carbons (Fsp3) is 0.121. The summed E-state index contributed by atoms with van der Waals surface area (Å²) in [5, 5.41) is 7.60. The number of amides is 1. The Hall–Kier alpha value is -5.17. The third-order valence-electron chi connectivity index (χ3n) is 6.73. The largest absolute Gasteiger partial charge is 0.453 e. The highest BCUT2D eigenvalue weighted by atomic mass is 16.5. The second kappa shape index (κ2) is 11.7. The molecular weight excluding hydrogens is 500 g/mol. The van der Waals surface area contributed by atoms with Crippen LogP contribution in [0.2, 0.25) is 0 Å². The Kier molecular flexibility index (Phi) is 7.73. The first kappa shape index (κ1) is 26.4. The maximum atomic E-state index is 13.7. The van der Waals surface area contributed by atoms with Gasteiger partial charge in [-0.05, 0) is 73.0 Å². The molecule has 200 valence electrons. The van der Waals surface area contributed by atoms with Gasteiger partial charge in [-0.1, -0.05) is 60.7 Å². The van der Waals surface area contributed by atoms with Crippen LogP contribution in [0.1, 0.15) is 27.0 Å². The lowest BCUT2D eigenvalue weighted by Gasteiger charge is -2.18. The minimum atomic E-state index is -0.364. The average Bonchev–Trinajstić information content (AvgIpc) is 2.98. The summed E-state index contributed by atoms with van der Waals surface area (Å²) in [7, 11) is 1.78. The molecule has 7 heteroatoms. The van der Waals surface area contributed by atoms with Gasteiger partial charge in [0.15, 0.2) is 11.4 Å². The number of ether oxygens (including phenoxy) is 1. The number of carbonyl (C=O) groups excluding carboxylic acids is 1. The van der Waals surface area contributed by atoms with E-state index in [1.807, 2.05) is 92.7 Å². The van der Waals surface area contributed by atoms with Crippen molar-refractivity contribution in [3.8, 4) is 17.2 Å². The molecule has 4 aromatic carbocycles. The van der Waals surface area contributed by atoms with Gasteiger partial charge in [0.1, 0.15) is 5.75 Å².